The molecule has 3 saturated carbocycles. The zero-order chi connectivity index (χ0) is 35.2. The molecule has 4 aliphatic carbocycles. The van der Waals surface area contributed by atoms with Crippen LogP contribution in [0.1, 0.15) is 97.5 Å². The van der Waals surface area contributed by atoms with Gasteiger partial charge in [-0.2, -0.15) is 0 Å². The van der Waals surface area contributed by atoms with Gasteiger partial charge >= 0.3 is 5.97 Å². The van der Waals surface area contributed by atoms with Crippen molar-refractivity contribution in [2.24, 2.45) is 28.6 Å². The van der Waals surface area contributed by atoms with Gasteiger partial charge in [-0.15, -0.1) is 0 Å². The van der Waals surface area contributed by atoms with Gasteiger partial charge in [0.1, 0.15) is 5.60 Å². The molecule has 1 saturated heterocycles. The van der Waals surface area contributed by atoms with Crippen LogP contribution in [-0.2, 0) is 34.1 Å². The minimum atomic E-state index is -1.73. The van der Waals surface area contributed by atoms with Crippen LogP contribution >= 0.6 is 0 Å². The van der Waals surface area contributed by atoms with E-state index in [1.165, 1.54) is 5.56 Å². The molecule has 1 aliphatic heterocycles. The van der Waals surface area contributed by atoms with Crippen molar-refractivity contribution in [1.29, 1.82) is 0 Å². The van der Waals surface area contributed by atoms with Crippen molar-refractivity contribution in [1.82, 2.24) is 5.32 Å². The monoisotopic (exact) mass is 675 g/mol. The van der Waals surface area contributed by atoms with E-state index in [4.69, 9.17) is 9.47 Å². The number of ketones is 2. The third-order valence-electron chi connectivity index (χ3n) is 13.2. The number of esters is 1. The molecule has 9 nitrogen and oxygen atoms in total. The second kappa shape index (κ2) is 13.2. The highest BCUT2D eigenvalue weighted by Gasteiger charge is 2.68. The van der Waals surface area contributed by atoms with Crippen LogP contribution in [0.5, 0.6) is 0 Å². The zero-order valence-corrected chi connectivity index (χ0v) is 29.5. The Morgan fingerprint density at radius 1 is 1.04 bits per heavy atom. The lowest BCUT2D eigenvalue weighted by molar-refractivity contribution is -0.181. The number of Topliss-reactive ketones (excluding diaryl/α,β-unsaturated/α-hetero) is 1. The lowest BCUT2D eigenvalue weighted by Gasteiger charge is -2.59. The Kier molecular flexibility index (Phi) is 9.61. The lowest BCUT2D eigenvalue weighted by atomic mass is 9.46. The van der Waals surface area contributed by atoms with Gasteiger partial charge in [-0.3, -0.25) is 19.2 Å². The van der Waals surface area contributed by atoms with Gasteiger partial charge in [0.2, 0.25) is 11.7 Å². The first-order chi connectivity index (χ1) is 23.1. The normalized spacial score (nSPS) is 37.7. The maximum absolute atomic E-state index is 13.6. The van der Waals surface area contributed by atoms with Crippen LogP contribution in [0.3, 0.4) is 0 Å². The summed E-state index contributed by atoms with van der Waals surface area (Å²) in [5, 5.41) is 26.5. The van der Waals surface area contributed by atoms with Gasteiger partial charge < -0.3 is 25.0 Å². The van der Waals surface area contributed by atoms with Crippen LogP contribution in [0.4, 0.5) is 0 Å². The van der Waals surface area contributed by atoms with Gasteiger partial charge in [-0.05, 0) is 94.8 Å². The fourth-order valence-electron chi connectivity index (χ4n) is 10.7. The van der Waals surface area contributed by atoms with Gasteiger partial charge in [-0.1, -0.05) is 55.8 Å². The summed E-state index contributed by atoms with van der Waals surface area (Å²) in [5.41, 5.74) is -1.15. The van der Waals surface area contributed by atoms with E-state index in [1.807, 2.05) is 31.2 Å². The Hall–Kier alpha value is -3.14. The van der Waals surface area contributed by atoms with E-state index in [0.717, 1.165) is 37.7 Å². The number of hydrogen-bond donors (Lipinski definition) is 3. The van der Waals surface area contributed by atoms with E-state index < -0.39 is 40.9 Å². The molecule has 49 heavy (non-hydrogen) atoms. The van der Waals surface area contributed by atoms with Crippen molar-refractivity contribution in [3.8, 4) is 0 Å². The summed E-state index contributed by atoms with van der Waals surface area (Å²) in [6.07, 6.45) is 9.33. The average Bonchev–Trinajstić information content (AvgIpc) is 3.33. The van der Waals surface area contributed by atoms with Crippen molar-refractivity contribution in [3.05, 3.63) is 59.7 Å². The van der Waals surface area contributed by atoms with E-state index >= 15 is 0 Å². The van der Waals surface area contributed by atoms with Crippen LogP contribution < -0.4 is 5.32 Å². The van der Waals surface area contributed by atoms with Gasteiger partial charge in [0.25, 0.3) is 0 Å². The maximum Gasteiger partial charge on any atom is 0.306 e. The SMILES string of the molecule is CC1(C)C[C@@](CCNC(=O)CCC(=O)OCC(=O)[C@@]2(O)CC[C@H]3[C@@H]4CCC5=CC(=O)C=C[C@]5(C)[C@H]4[C@@H](O)C[C@@]32C)(c2ccccc2)CCO1. The molecule has 1 heterocycles. The number of fused-ring (bicyclic) bond motifs is 5. The van der Waals surface area contributed by atoms with Crippen LogP contribution in [0.15, 0.2) is 54.1 Å². The van der Waals surface area contributed by atoms with Crippen molar-refractivity contribution in [3.63, 3.8) is 0 Å². The minimum Gasteiger partial charge on any atom is -0.458 e. The first-order valence-corrected chi connectivity index (χ1v) is 18.1. The van der Waals surface area contributed by atoms with E-state index in [1.54, 1.807) is 12.2 Å². The number of carbonyl (C=O) groups is 4. The molecule has 0 bridgehead atoms. The second-order valence-electron chi connectivity index (χ2n) is 16.5. The molecule has 9 heteroatoms. The number of nitrogens with one attached hydrogen (secondary N) is 1. The largest absolute Gasteiger partial charge is 0.458 e. The van der Waals surface area contributed by atoms with Crippen molar-refractivity contribution in [2.45, 2.75) is 115 Å². The number of allylic oxidation sites excluding steroid dienone is 4. The standard InChI is InChI=1S/C40H53NO8/c1-36(2)25-39(19-21-49-36,26-8-6-5-7-9-26)18-20-41-33(45)12-13-34(46)48-24-32(44)40(47)17-15-30-29-11-10-27-22-28(42)14-16-37(27,3)35(29)31(43)23-38(30,40)4/h5-9,14,16,22,29-31,35,43,47H,10-13,15,17-21,23-25H2,1-4H3,(H,41,45)/t29-,30-,31-,35+,37-,38-,39-,40-/m0/s1. The Bertz CT molecular complexity index is 1530. The number of benzene rings is 1. The summed E-state index contributed by atoms with van der Waals surface area (Å²) in [4.78, 5) is 51.1. The molecular weight excluding hydrogens is 622 g/mol. The lowest BCUT2D eigenvalue weighted by Crippen LogP contribution is -2.61. The highest BCUT2D eigenvalue weighted by molar-refractivity contribution is 6.01. The van der Waals surface area contributed by atoms with Crippen LogP contribution in [0.2, 0.25) is 0 Å². The second-order valence-corrected chi connectivity index (χ2v) is 16.5. The fraction of sp³-hybridized carbons (Fsp3) is 0.650. The molecule has 1 amide bonds. The van der Waals surface area contributed by atoms with E-state index in [0.29, 0.717) is 19.6 Å². The van der Waals surface area contributed by atoms with E-state index in [9.17, 15) is 29.4 Å². The van der Waals surface area contributed by atoms with Crippen LogP contribution in [0, 0.1) is 28.6 Å². The minimum absolute atomic E-state index is 0.00638. The Morgan fingerprint density at radius 3 is 2.53 bits per heavy atom. The fourth-order valence-corrected chi connectivity index (χ4v) is 10.7. The van der Waals surface area contributed by atoms with Gasteiger partial charge in [0.15, 0.2) is 12.4 Å². The number of aliphatic hydroxyl groups excluding tert-OH is 1. The summed E-state index contributed by atoms with van der Waals surface area (Å²) in [6.45, 7) is 8.71. The smallest absolute Gasteiger partial charge is 0.306 e. The van der Waals surface area contributed by atoms with Crippen molar-refractivity contribution < 1.29 is 38.9 Å². The Labute approximate surface area is 289 Å². The molecule has 0 spiro atoms. The maximum atomic E-state index is 13.6. The molecule has 1 aromatic carbocycles. The van der Waals surface area contributed by atoms with Gasteiger partial charge in [-0.25, -0.2) is 0 Å². The van der Waals surface area contributed by atoms with Crippen LogP contribution in [-0.4, -0.2) is 70.7 Å². The number of carbonyl (C=O) groups excluding carboxylic acids is 4. The molecule has 266 valence electrons. The van der Waals surface area contributed by atoms with Crippen molar-refractivity contribution >= 4 is 23.4 Å². The molecule has 6 rings (SSSR count). The van der Waals surface area contributed by atoms with Crippen LogP contribution in [0.25, 0.3) is 0 Å². The summed E-state index contributed by atoms with van der Waals surface area (Å²) in [6, 6.07) is 10.3. The molecule has 0 unspecified atom stereocenters. The molecule has 8 atom stereocenters. The number of rotatable bonds is 10. The summed E-state index contributed by atoms with van der Waals surface area (Å²) < 4.78 is 11.3. The predicted molar refractivity (Wildman–Crippen MR) is 183 cm³/mol. The molecule has 3 N–H and O–H groups in total. The van der Waals surface area contributed by atoms with Gasteiger partial charge in [0, 0.05) is 41.7 Å². The van der Waals surface area contributed by atoms with E-state index in [2.05, 4.69) is 38.2 Å². The molecule has 0 aromatic heterocycles. The molecule has 4 fully saturated rings. The highest BCUT2D eigenvalue weighted by atomic mass is 16.5. The summed E-state index contributed by atoms with van der Waals surface area (Å²) in [7, 11) is 0. The zero-order valence-electron chi connectivity index (χ0n) is 29.5. The summed E-state index contributed by atoms with van der Waals surface area (Å²) in [5.74, 6) is -1.53. The first-order valence-electron chi connectivity index (χ1n) is 18.1. The Balaban J connectivity index is 1.00. The average molecular weight is 676 g/mol. The number of aliphatic hydroxyl groups is 2. The third-order valence-corrected chi connectivity index (χ3v) is 13.2. The first kappa shape index (κ1) is 35.7. The topological polar surface area (TPSA) is 139 Å². The van der Waals surface area contributed by atoms with Crippen molar-refractivity contribution in [2.75, 3.05) is 19.8 Å². The van der Waals surface area contributed by atoms with Gasteiger partial charge in [0.05, 0.1) is 18.1 Å². The summed E-state index contributed by atoms with van der Waals surface area (Å²) >= 11 is 0. The highest BCUT2D eigenvalue weighted by Crippen LogP contribution is 2.67. The number of amides is 1. The Morgan fingerprint density at radius 2 is 1.80 bits per heavy atom. The molecular formula is C40H53NO8. The third kappa shape index (κ3) is 6.47. The van der Waals surface area contributed by atoms with E-state index in [-0.39, 0.29) is 66.1 Å². The predicted octanol–water partition coefficient (Wildman–Crippen LogP) is 4.92. The number of hydrogen-bond acceptors (Lipinski definition) is 8. The number of ether oxygens (including phenoxy) is 2. The quantitative estimate of drug-likeness (QED) is 0.297. The molecule has 1 aromatic rings. The molecule has 0 radical (unpaired) electrons. The molecule has 5 aliphatic rings.